The van der Waals surface area contributed by atoms with Gasteiger partial charge in [-0.1, -0.05) is 6.07 Å². The average molecular weight is 207 g/mol. The average Bonchev–Trinajstić information content (AvgIpc) is 2.23. The first-order valence-electron chi connectivity index (χ1n) is 5.19. The van der Waals surface area contributed by atoms with Crippen LogP contribution in [0.15, 0.2) is 18.2 Å². The zero-order chi connectivity index (χ0) is 11.4. The Morgan fingerprint density at radius 2 is 1.93 bits per heavy atom. The largest absolute Gasteiger partial charge is 0.508 e. The number of hydrogen-bond acceptors (Lipinski definition) is 2. The lowest BCUT2D eigenvalue weighted by atomic mass is 10.1. The van der Waals surface area contributed by atoms with Crippen LogP contribution in [0, 0.1) is 6.92 Å². The predicted octanol–water partition coefficient (Wildman–Crippen LogP) is 2.18. The van der Waals surface area contributed by atoms with E-state index in [2.05, 4.69) is 0 Å². The smallest absolute Gasteiger partial charge is 0.254 e. The number of aryl methyl sites for hydroxylation is 1. The Bertz CT molecular complexity index is 357. The summed E-state index contributed by atoms with van der Waals surface area (Å²) in [5, 5.41) is 9.34. The molecule has 0 unspecified atom stereocenters. The zero-order valence-corrected chi connectivity index (χ0v) is 9.45. The standard InChI is InChI=1S/C12H17NO2/c1-4-13(5-2)12(15)11-8-10(14)7-6-9(11)3/h6-8,14H,4-5H2,1-3H3. The Labute approximate surface area is 90.3 Å². The van der Waals surface area contributed by atoms with E-state index in [-0.39, 0.29) is 11.7 Å². The first kappa shape index (κ1) is 11.6. The molecule has 0 heterocycles. The Kier molecular flexibility index (Phi) is 3.72. The molecular formula is C12H17NO2. The number of carbonyl (C=O) groups excluding carboxylic acids is 1. The second-order valence-corrected chi connectivity index (χ2v) is 3.48. The van der Waals surface area contributed by atoms with Crippen molar-refractivity contribution in [3.05, 3.63) is 29.3 Å². The number of benzene rings is 1. The lowest BCUT2D eigenvalue weighted by molar-refractivity contribution is 0.0772. The predicted molar refractivity (Wildman–Crippen MR) is 60.1 cm³/mol. The molecule has 0 saturated heterocycles. The SMILES string of the molecule is CCN(CC)C(=O)c1cc(O)ccc1C. The maximum absolute atomic E-state index is 12.0. The number of phenols is 1. The van der Waals surface area contributed by atoms with Gasteiger partial charge in [0.25, 0.3) is 5.91 Å². The molecule has 0 saturated carbocycles. The summed E-state index contributed by atoms with van der Waals surface area (Å²) < 4.78 is 0. The first-order valence-corrected chi connectivity index (χ1v) is 5.19. The van der Waals surface area contributed by atoms with E-state index in [0.717, 1.165) is 5.56 Å². The quantitative estimate of drug-likeness (QED) is 0.825. The summed E-state index contributed by atoms with van der Waals surface area (Å²) in [6.07, 6.45) is 0. The van der Waals surface area contributed by atoms with Crippen molar-refractivity contribution in [1.82, 2.24) is 4.90 Å². The van der Waals surface area contributed by atoms with Gasteiger partial charge in [0, 0.05) is 18.7 Å². The van der Waals surface area contributed by atoms with E-state index < -0.39 is 0 Å². The molecule has 3 heteroatoms. The van der Waals surface area contributed by atoms with Crippen LogP contribution in [-0.4, -0.2) is 29.0 Å². The van der Waals surface area contributed by atoms with Crippen LogP contribution in [0.2, 0.25) is 0 Å². The van der Waals surface area contributed by atoms with Crippen LogP contribution in [0.3, 0.4) is 0 Å². The minimum atomic E-state index is -0.0200. The van der Waals surface area contributed by atoms with Crippen molar-refractivity contribution in [3.63, 3.8) is 0 Å². The molecule has 1 rings (SSSR count). The van der Waals surface area contributed by atoms with Gasteiger partial charge in [-0.15, -0.1) is 0 Å². The molecule has 1 aromatic rings. The third-order valence-corrected chi connectivity index (χ3v) is 2.50. The Morgan fingerprint density at radius 3 is 2.47 bits per heavy atom. The molecule has 0 spiro atoms. The summed E-state index contributed by atoms with van der Waals surface area (Å²) in [6, 6.07) is 4.87. The Morgan fingerprint density at radius 1 is 1.33 bits per heavy atom. The molecule has 0 aliphatic rings. The van der Waals surface area contributed by atoms with Crippen molar-refractivity contribution in [2.75, 3.05) is 13.1 Å². The van der Waals surface area contributed by atoms with Gasteiger partial charge in [0.1, 0.15) is 5.75 Å². The van der Waals surface area contributed by atoms with Crippen molar-refractivity contribution < 1.29 is 9.90 Å². The maximum Gasteiger partial charge on any atom is 0.254 e. The highest BCUT2D eigenvalue weighted by atomic mass is 16.3. The van der Waals surface area contributed by atoms with Crippen molar-refractivity contribution in [1.29, 1.82) is 0 Å². The van der Waals surface area contributed by atoms with Crippen molar-refractivity contribution in [2.24, 2.45) is 0 Å². The Balaban J connectivity index is 3.04. The van der Waals surface area contributed by atoms with Crippen molar-refractivity contribution in [3.8, 4) is 5.75 Å². The molecule has 0 atom stereocenters. The summed E-state index contributed by atoms with van der Waals surface area (Å²) in [5.41, 5.74) is 1.48. The molecular weight excluding hydrogens is 190 g/mol. The highest BCUT2D eigenvalue weighted by Gasteiger charge is 2.14. The van der Waals surface area contributed by atoms with Gasteiger partial charge in [0.05, 0.1) is 0 Å². The van der Waals surface area contributed by atoms with Gasteiger partial charge in [-0.05, 0) is 38.5 Å². The summed E-state index contributed by atoms with van der Waals surface area (Å²) in [5.74, 6) is 0.115. The van der Waals surface area contributed by atoms with Gasteiger partial charge in [-0.2, -0.15) is 0 Å². The molecule has 1 aromatic carbocycles. The zero-order valence-electron chi connectivity index (χ0n) is 9.45. The van der Waals surface area contributed by atoms with E-state index in [1.54, 1.807) is 17.0 Å². The third kappa shape index (κ3) is 2.49. The molecule has 0 fully saturated rings. The van der Waals surface area contributed by atoms with Crippen molar-refractivity contribution >= 4 is 5.91 Å². The summed E-state index contributed by atoms with van der Waals surface area (Å²) in [4.78, 5) is 13.7. The maximum atomic E-state index is 12.0. The monoisotopic (exact) mass is 207 g/mol. The third-order valence-electron chi connectivity index (χ3n) is 2.50. The molecule has 1 amide bonds. The van der Waals surface area contributed by atoms with Gasteiger partial charge in [0.15, 0.2) is 0 Å². The summed E-state index contributed by atoms with van der Waals surface area (Å²) >= 11 is 0. The highest BCUT2D eigenvalue weighted by Crippen LogP contribution is 2.17. The minimum Gasteiger partial charge on any atom is -0.508 e. The number of phenolic OH excluding ortho intramolecular Hbond substituents is 1. The van der Waals surface area contributed by atoms with Crippen LogP contribution in [0.5, 0.6) is 5.75 Å². The van der Waals surface area contributed by atoms with Crippen LogP contribution in [0.4, 0.5) is 0 Å². The number of aromatic hydroxyl groups is 1. The van der Waals surface area contributed by atoms with E-state index in [1.165, 1.54) is 6.07 Å². The van der Waals surface area contributed by atoms with E-state index in [9.17, 15) is 9.90 Å². The van der Waals surface area contributed by atoms with Crippen LogP contribution >= 0.6 is 0 Å². The normalized spacial score (nSPS) is 10.1. The lowest BCUT2D eigenvalue weighted by Crippen LogP contribution is -2.30. The summed E-state index contributed by atoms with van der Waals surface area (Å²) in [7, 11) is 0. The van der Waals surface area contributed by atoms with E-state index in [1.807, 2.05) is 20.8 Å². The summed E-state index contributed by atoms with van der Waals surface area (Å²) in [6.45, 7) is 7.13. The first-order chi connectivity index (χ1) is 7.10. The molecule has 0 aromatic heterocycles. The van der Waals surface area contributed by atoms with E-state index >= 15 is 0 Å². The molecule has 1 N–H and O–H groups in total. The molecule has 0 bridgehead atoms. The fourth-order valence-electron chi connectivity index (χ4n) is 1.52. The minimum absolute atomic E-state index is 0.0200. The molecule has 3 nitrogen and oxygen atoms in total. The number of amides is 1. The van der Waals surface area contributed by atoms with Gasteiger partial charge in [-0.25, -0.2) is 0 Å². The fraction of sp³-hybridized carbons (Fsp3) is 0.417. The van der Waals surface area contributed by atoms with Gasteiger partial charge >= 0.3 is 0 Å². The van der Waals surface area contributed by atoms with Crippen LogP contribution < -0.4 is 0 Å². The number of hydrogen-bond donors (Lipinski definition) is 1. The van der Waals surface area contributed by atoms with Gasteiger partial charge < -0.3 is 10.0 Å². The van der Waals surface area contributed by atoms with Crippen LogP contribution in [0.1, 0.15) is 29.8 Å². The molecule has 0 aliphatic heterocycles. The second-order valence-electron chi connectivity index (χ2n) is 3.48. The van der Waals surface area contributed by atoms with Gasteiger partial charge in [-0.3, -0.25) is 4.79 Å². The number of nitrogens with zero attached hydrogens (tertiary/aromatic N) is 1. The molecule has 0 aliphatic carbocycles. The lowest BCUT2D eigenvalue weighted by Gasteiger charge is -2.19. The molecule has 82 valence electrons. The second kappa shape index (κ2) is 4.82. The van der Waals surface area contributed by atoms with E-state index in [0.29, 0.717) is 18.7 Å². The molecule has 15 heavy (non-hydrogen) atoms. The Hall–Kier alpha value is -1.51. The fourth-order valence-corrected chi connectivity index (χ4v) is 1.52. The highest BCUT2D eigenvalue weighted by molar-refractivity contribution is 5.96. The van der Waals surface area contributed by atoms with E-state index in [4.69, 9.17) is 0 Å². The van der Waals surface area contributed by atoms with Crippen molar-refractivity contribution in [2.45, 2.75) is 20.8 Å². The topological polar surface area (TPSA) is 40.5 Å². The number of carbonyl (C=O) groups is 1. The van der Waals surface area contributed by atoms with Crippen LogP contribution in [-0.2, 0) is 0 Å². The molecule has 0 radical (unpaired) electrons. The van der Waals surface area contributed by atoms with Crippen LogP contribution in [0.25, 0.3) is 0 Å². The van der Waals surface area contributed by atoms with Gasteiger partial charge in [0.2, 0.25) is 0 Å². The number of rotatable bonds is 3.